The molecule has 1 atom stereocenters. The smallest absolute Gasteiger partial charge is 0.350 e. The Morgan fingerprint density at radius 1 is 1.11 bits per heavy atom. The van der Waals surface area contributed by atoms with E-state index in [1.54, 1.807) is 36.5 Å². The van der Waals surface area contributed by atoms with Gasteiger partial charge in [-0.05, 0) is 98.0 Å². The summed E-state index contributed by atoms with van der Waals surface area (Å²) in [5.74, 6) is -0.335. The number of carbonyl (C=O) groups is 2. The number of rotatable bonds is 5. The normalized spacial score (nSPS) is 18.8. The SMILES string of the molecule is CCC(C1CCC(c2ccnc3ccc(C(F)(F)F)cc23)CC1)N(NC(=O)c1ccc(Cl)cc1)C(N)=O. The van der Waals surface area contributed by atoms with Gasteiger partial charge in [-0.15, -0.1) is 0 Å². The van der Waals surface area contributed by atoms with Gasteiger partial charge in [0, 0.05) is 22.2 Å². The molecule has 1 aliphatic carbocycles. The highest BCUT2D eigenvalue weighted by Crippen LogP contribution is 2.41. The molecule has 0 spiro atoms. The van der Waals surface area contributed by atoms with E-state index in [4.69, 9.17) is 17.3 Å². The highest BCUT2D eigenvalue weighted by Gasteiger charge is 2.35. The number of amides is 3. The van der Waals surface area contributed by atoms with E-state index in [1.807, 2.05) is 6.92 Å². The molecule has 0 aliphatic heterocycles. The Balaban J connectivity index is 1.49. The van der Waals surface area contributed by atoms with Crippen LogP contribution in [0.4, 0.5) is 18.0 Å². The number of aromatic nitrogens is 1. The standard InChI is InChI=1S/C27H28ClF3N4O2/c1-2-24(35(26(32)37)34-25(36)18-7-10-20(28)11-8-18)17-5-3-16(4-6-17)21-13-14-33-23-12-9-19(15-22(21)23)27(29,30)31/h7-17,24H,2-6H2,1H3,(H2,32,37)(H,34,36). The molecule has 3 aromatic rings. The van der Waals surface area contributed by atoms with Crippen LogP contribution in [0, 0.1) is 5.92 Å². The Morgan fingerprint density at radius 3 is 2.38 bits per heavy atom. The number of carbonyl (C=O) groups excluding carboxylic acids is 2. The summed E-state index contributed by atoms with van der Waals surface area (Å²) in [4.78, 5) is 29.3. The minimum absolute atomic E-state index is 0.0634. The van der Waals surface area contributed by atoms with Crippen LogP contribution >= 0.6 is 11.6 Å². The topological polar surface area (TPSA) is 88.3 Å². The van der Waals surface area contributed by atoms with Crippen LogP contribution in [0.2, 0.25) is 5.02 Å². The first kappa shape index (κ1) is 26.7. The van der Waals surface area contributed by atoms with E-state index in [0.29, 0.717) is 27.9 Å². The van der Waals surface area contributed by atoms with Crippen molar-refractivity contribution in [3.05, 3.63) is 76.4 Å². The van der Waals surface area contributed by atoms with Crippen LogP contribution in [-0.2, 0) is 6.18 Å². The summed E-state index contributed by atoms with van der Waals surface area (Å²) in [5.41, 5.74) is 9.34. The molecule has 1 aromatic heterocycles. The summed E-state index contributed by atoms with van der Waals surface area (Å²) in [7, 11) is 0. The number of fused-ring (bicyclic) bond motifs is 1. The van der Waals surface area contributed by atoms with Gasteiger partial charge in [-0.2, -0.15) is 13.2 Å². The lowest BCUT2D eigenvalue weighted by atomic mass is 9.74. The quantitative estimate of drug-likeness (QED) is 0.359. The van der Waals surface area contributed by atoms with Crippen LogP contribution in [-0.4, -0.2) is 28.0 Å². The zero-order valence-corrected chi connectivity index (χ0v) is 21.0. The maximum Gasteiger partial charge on any atom is 0.416 e. The fraction of sp³-hybridized carbons (Fsp3) is 0.370. The number of hydrogen-bond acceptors (Lipinski definition) is 3. The predicted octanol–water partition coefficient (Wildman–Crippen LogP) is 6.69. The van der Waals surface area contributed by atoms with E-state index in [9.17, 15) is 22.8 Å². The van der Waals surface area contributed by atoms with Crippen molar-refractivity contribution in [1.82, 2.24) is 15.4 Å². The van der Waals surface area contributed by atoms with Crippen molar-refractivity contribution in [2.24, 2.45) is 11.7 Å². The molecule has 3 amide bonds. The Hall–Kier alpha value is -3.33. The van der Waals surface area contributed by atoms with E-state index in [-0.39, 0.29) is 17.9 Å². The molecule has 1 fully saturated rings. The number of nitrogens with zero attached hydrogens (tertiary/aromatic N) is 2. The molecule has 0 radical (unpaired) electrons. The number of nitrogens with two attached hydrogens (primary N) is 1. The molecule has 37 heavy (non-hydrogen) atoms. The molecule has 2 aromatic carbocycles. The lowest BCUT2D eigenvalue weighted by Gasteiger charge is -2.39. The Labute approximate surface area is 218 Å². The number of hydrazine groups is 1. The number of alkyl halides is 3. The van der Waals surface area contributed by atoms with Gasteiger partial charge in [-0.25, -0.2) is 9.80 Å². The molecular weight excluding hydrogens is 505 g/mol. The monoisotopic (exact) mass is 532 g/mol. The lowest BCUT2D eigenvalue weighted by molar-refractivity contribution is -0.137. The van der Waals surface area contributed by atoms with Gasteiger partial charge in [0.25, 0.3) is 5.91 Å². The third-order valence-corrected chi connectivity index (χ3v) is 7.43. The van der Waals surface area contributed by atoms with E-state index in [0.717, 1.165) is 37.3 Å². The fourth-order valence-corrected chi connectivity index (χ4v) is 5.44. The van der Waals surface area contributed by atoms with Crippen molar-refractivity contribution in [2.45, 2.75) is 57.2 Å². The fourth-order valence-electron chi connectivity index (χ4n) is 5.32. The largest absolute Gasteiger partial charge is 0.416 e. The van der Waals surface area contributed by atoms with E-state index < -0.39 is 23.7 Å². The summed E-state index contributed by atoms with van der Waals surface area (Å²) in [6, 6.07) is 10.7. The first-order valence-electron chi connectivity index (χ1n) is 12.2. The van der Waals surface area contributed by atoms with Crippen LogP contribution < -0.4 is 11.2 Å². The maximum absolute atomic E-state index is 13.3. The van der Waals surface area contributed by atoms with Gasteiger partial charge in [0.1, 0.15) is 0 Å². The summed E-state index contributed by atoms with van der Waals surface area (Å²) in [6.45, 7) is 1.93. The van der Waals surface area contributed by atoms with Crippen molar-refractivity contribution in [2.75, 3.05) is 0 Å². The van der Waals surface area contributed by atoms with Crippen molar-refractivity contribution in [3.63, 3.8) is 0 Å². The van der Waals surface area contributed by atoms with E-state index >= 15 is 0 Å². The molecule has 1 heterocycles. The predicted molar refractivity (Wildman–Crippen MR) is 136 cm³/mol. The van der Waals surface area contributed by atoms with Gasteiger partial charge >= 0.3 is 12.2 Å². The van der Waals surface area contributed by atoms with Gasteiger partial charge in [0.15, 0.2) is 0 Å². The summed E-state index contributed by atoms with van der Waals surface area (Å²) >= 11 is 5.89. The number of urea groups is 1. The summed E-state index contributed by atoms with van der Waals surface area (Å²) in [5, 5.41) is 2.21. The average molecular weight is 533 g/mol. The molecule has 0 bridgehead atoms. The molecule has 1 aliphatic rings. The van der Waals surface area contributed by atoms with Crippen LogP contribution in [0.15, 0.2) is 54.7 Å². The second-order valence-electron chi connectivity index (χ2n) is 9.37. The maximum atomic E-state index is 13.3. The first-order chi connectivity index (χ1) is 17.6. The first-order valence-corrected chi connectivity index (χ1v) is 12.6. The second kappa shape index (κ2) is 11.0. The number of halogens is 4. The highest BCUT2D eigenvalue weighted by molar-refractivity contribution is 6.30. The van der Waals surface area contributed by atoms with Crippen LogP contribution in [0.1, 0.15) is 66.4 Å². The van der Waals surface area contributed by atoms with Gasteiger partial charge < -0.3 is 5.73 Å². The van der Waals surface area contributed by atoms with Gasteiger partial charge in [0.05, 0.1) is 17.1 Å². The number of nitrogens with one attached hydrogen (secondary N) is 1. The third-order valence-electron chi connectivity index (χ3n) is 7.17. The molecular formula is C27H28ClF3N4O2. The van der Waals surface area contributed by atoms with Crippen LogP contribution in [0.25, 0.3) is 10.9 Å². The van der Waals surface area contributed by atoms with Gasteiger partial charge in [-0.3, -0.25) is 15.2 Å². The van der Waals surface area contributed by atoms with Crippen LogP contribution in [0.3, 0.4) is 0 Å². The molecule has 4 rings (SSSR count). The highest BCUT2D eigenvalue weighted by atomic mass is 35.5. The molecule has 10 heteroatoms. The molecule has 6 nitrogen and oxygen atoms in total. The van der Waals surface area contributed by atoms with Crippen molar-refractivity contribution < 1.29 is 22.8 Å². The van der Waals surface area contributed by atoms with Crippen molar-refractivity contribution in [1.29, 1.82) is 0 Å². The minimum Gasteiger partial charge on any atom is -0.350 e. The number of benzene rings is 2. The molecule has 1 saturated carbocycles. The van der Waals surface area contributed by atoms with Crippen molar-refractivity contribution >= 4 is 34.4 Å². The number of primary amides is 1. The Morgan fingerprint density at radius 2 is 1.78 bits per heavy atom. The number of hydrogen-bond donors (Lipinski definition) is 2. The van der Waals surface area contributed by atoms with Gasteiger partial charge in [-0.1, -0.05) is 18.5 Å². The lowest BCUT2D eigenvalue weighted by Crippen LogP contribution is -2.56. The molecule has 1 unspecified atom stereocenters. The zero-order valence-electron chi connectivity index (χ0n) is 20.3. The Kier molecular flexibility index (Phi) is 7.92. The molecule has 196 valence electrons. The summed E-state index contributed by atoms with van der Waals surface area (Å²) < 4.78 is 40.0. The van der Waals surface area contributed by atoms with E-state index in [2.05, 4.69) is 10.4 Å². The van der Waals surface area contributed by atoms with Crippen molar-refractivity contribution in [3.8, 4) is 0 Å². The van der Waals surface area contributed by atoms with E-state index in [1.165, 1.54) is 17.1 Å². The second-order valence-corrected chi connectivity index (χ2v) is 9.81. The average Bonchev–Trinajstić information content (AvgIpc) is 2.88. The van der Waals surface area contributed by atoms with Crippen LogP contribution in [0.5, 0.6) is 0 Å². The Bertz CT molecular complexity index is 1270. The third kappa shape index (κ3) is 5.98. The zero-order chi connectivity index (χ0) is 26.7. The van der Waals surface area contributed by atoms with Gasteiger partial charge in [0.2, 0.25) is 0 Å². The summed E-state index contributed by atoms with van der Waals surface area (Å²) in [6.07, 6.45) is 0.697. The molecule has 3 N–H and O–H groups in total. The minimum atomic E-state index is -4.43. The molecule has 0 saturated heterocycles. The number of pyridine rings is 1.